The van der Waals surface area contributed by atoms with Crippen molar-refractivity contribution in [2.45, 2.75) is 64.9 Å². The van der Waals surface area contributed by atoms with Crippen LogP contribution in [-0.2, 0) is 4.74 Å². The number of hydrogen-bond acceptors (Lipinski definition) is 1. The Morgan fingerprint density at radius 3 is 2.56 bits per heavy atom. The maximum absolute atomic E-state index is 5.95. The summed E-state index contributed by atoms with van der Waals surface area (Å²) in [7, 11) is 0. The van der Waals surface area contributed by atoms with Crippen LogP contribution in [0.2, 0.25) is 0 Å². The van der Waals surface area contributed by atoms with Gasteiger partial charge >= 0.3 is 0 Å². The van der Waals surface area contributed by atoms with Gasteiger partial charge in [-0.05, 0) is 39.5 Å². The summed E-state index contributed by atoms with van der Waals surface area (Å²) in [4.78, 5) is 0. The van der Waals surface area contributed by atoms with Crippen LogP contribution in [0.3, 0.4) is 0 Å². The van der Waals surface area contributed by atoms with Crippen molar-refractivity contribution in [3.63, 3.8) is 0 Å². The van der Waals surface area contributed by atoms with Crippen LogP contribution >= 0.6 is 0 Å². The summed E-state index contributed by atoms with van der Waals surface area (Å²) in [6.07, 6.45) is 15.6. The molecule has 0 aromatic heterocycles. The van der Waals surface area contributed by atoms with E-state index in [-0.39, 0.29) is 0 Å². The summed E-state index contributed by atoms with van der Waals surface area (Å²) in [5, 5.41) is 0. The molecule has 0 unspecified atom stereocenters. The summed E-state index contributed by atoms with van der Waals surface area (Å²) in [6.45, 7) is 8.86. The van der Waals surface area contributed by atoms with Crippen LogP contribution < -0.4 is 0 Å². The lowest BCUT2D eigenvalue weighted by molar-refractivity contribution is 0.0426. The van der Waals surface area contributed by atoms with Crippen molar-refractivity contribution in [1.82, 2.24) is 0 Å². The highest BCUT2D eigenvalue weighted by Gasteiger charge is 2.13. The predicted octanol–water partition coefficient (Wildman–Crippen LogP) is 5.19. The second-order valence-corrected chi connectivity index (χ2v) is 5.41. The lowest BCUT2D eigenvalue weighted by atomic mass is 9.98. The minimum Gasteiger partial charge on any atom is -0.374 e. The van der Waals surface area contributed by atoms with Crippen molar-refractivity contribution in [3.8, 4) is 0 Å². The van der Waals surface area contributed by atoms with Gasteiger partial charge in [-0.25, -0.2) is 0 Å². The van der Waals surface area contributed by atoms with E-state index in [0.717, 1.165) is 19.4 Å². The highest BCUT2D eigenvalue weighted by molar-refractivity contribution is 5.09. The van der Waals surface area contributed by atoms with Crippen LogP contribution in [0.1, 0.15) is 58.8 Å². The van der Waals surface area contributed by atoms with Gasteiger partial charge in [-0.3, -0.25) is 0 Å². The third kappa shape index (κ3) is 6.80. The molecule has 1 saturated carbocycles. The smallest absolute Gasteiger partial charge is 0.0677 e. The van der Waals surface area contributed by atoms with Crippen molar-refractivity contribution in [2.24, 2.45) is 0 Å². The van der Waals surface area contributed by atoms with Gasteiger partial charge in [-0.1, -0.05) is 55.2 Å². The summed E-state index contributed by atoms with van der Waals surface area (Å²) in [5.74, 6) is 0. The van der Waals surface area contributed by atoms with Crippen molar-refractivity contribution in [2.75, 3.05) is 6.61 Å². The highest BCUT2D eigenvalue weighted by Crippen LogP contribution is 2.20. The third-order valence-corrected chi connectivity index (χ3v) is 3.53. The minimum absolute atomic E-state index is 0.518. The quantitative estimate of drug-likeness (QED) is 0.445. The molecular weight excluding hydrogens is 220 g/mol. The molecule has 1 nitrogen and oxygen atoms in total. The van der Waals surface area contributed by atoms with E-state index in [0.29, 0.717) is 6.10 Å². The zero-order chi connectivity index (χ0) is 13.2. The number of hydrogen-bond donors (Lipinski definition) is 0. The van der Waals surface area contributed by atoms with Gasteiger partial charge in [0.15, 0.2) is 0 Å². The first-order valence-corrected chi connectivity index (χ1v) is 7.28. The highest BCUT2D eigenvalue weighted by atomic mass is 16.5. The third-order valence-electron chi connectivity index (χ3n) is 3.53. The Balaban J connectivity index is 2.16. The Bertz CT molecular complexity index is 293. The van der Waals surface area contributed by atoms with E-state index in [4.69, 9.17) is 4.74 Å². The lowest BCUT2D eigenvalue weighted by Crippen LogP contribution is -2.17. The number of ether oxygens (including phenoxy) is 1. The van der Waals surface area contributed by atoms with Crippen LogP contribution in [0.15, 0.2) is 36.0 Å². The second-order valence-electron chi connectivity index (χ2n) is 5.41. The molecule has 0 N–H and O–H groups in total. The Labute approximate surface area is 113 Å². The first-order chi connectivity index (χ1) is 8.72. The normalized spacial score (nSPS) is 19.0. The second kappa shape index (κ2) is 9.16. The average molecular weight is 248 g/mol. The fraction of sp³-hybridized carbons (Fsp3) is 0.647. The molecule has 0 bridgehead atoms. The average Bonchev–Trinajstić information content (AvgIpc) is 2.38. The summed E-state index contributed by atoms with van der Waals surface area (Å²) in [6, 6.07) is 0. The summed E-state index contributed by atoms with van der Waals surface area (Å²) in [5.41, 5.74) is 2.76. The van der Waals surface area contributed by atoms with Gasteiger partial charge in [-0.2, -0.15) is 0 Å². The van der Waals surface area contributed by atoms with Gasteiger partial charge < -0.3 is 4.74 Å². The van der Waals surface area contributed by atoms with Gasteiger partial charge in [0.1, 0.15) is 0 Å². The predicted molar refractivity (Wildman–Crippen MR) is 79.8 cm³/mol. The van der Waals surface area contributed by atoms with Crippen LogP contribution in [-0.4, -0.2) is 12.7 Å². The maximum Gasteiger partial charge on any atom is 0.0677 e. The molecule has 1 rings (SSSR count). The van der Waals surface area contributed by atoms with E-state index >= 15 is 0 Å². The van der Waals surface area contributed by atoms with Crippen LogP contribution in [0.4, 0.5) is 0 Å². The van der Waals surface area contributed by atoms with Crippen molar-refractivity contribution < 1.29 is 4.74 Å². The standard InChI is InChI=1S/C17H28O/c1-4-9-15(2)10-8-11-16(3)14-18-17-12-6-5-7-13-17/h4,9,11,17H,1,5-8,10,12-14H2,2-3H3/b15-9+,16-11+. The topological polar surface area (TPSA) is 9.23 Å². The fourth-order valence-electron chi connectivity index (χ4n) is 2.37. The number of allylic oxidation sites excluding steroid dienone is 4. The molecule has 0 aromatic carbocycles. The molecule has 1 fully saturated rings. The van der Waals surface area contributed by atoms with E-state index in [1.54, 1.807) is 0 Å². The molecular formula is C17H28O. The van der Waals surface area contributed by atoms with Gasteiger partial charge in [0, 0.05) is 0 Å². The van der Waals surface area contributed by atoms with Gasteiger partial charge in [-0.15, -0.1) is 0 Å². The van der Waals surface area contributed by atoms with Crippen molar-refractivity contribution in [1.29, 1.82) is 0 Å². The zero-order valence-corrected chi connectivity index (χ0v) is 12.1. The fourth-order valence-corrected chi connectivity index (χ4v) is 2.37. The zero-order valence-electron chi connectivity index (χ0n) is 12.1. The van der Waals surface area contributed by atoms with E-state index in [1.807, 2.05) is 6.08 Å². The Kier molecular flexibility index (Phi) is 7.75. The van der Waals surface area contributed by atoms with E-state index < -0.39 is 0 Å². The molecule has 0 spiro atoms. The van der Waals surface area contributed by atoms with Crippen molar-refractivity contribution in [3.05, 3.63) is 36.0 Å². The van der Waals surface area contributed by atoms with Crippen molar-refractivity contribution >= 4 is 0 Å². The van der Waals surface area contributed by atoms with E-state index in [1.165, 1.54) is 43.3 Å². The van der Waals surface area contributed by atoms with Gasteiger partial charge in [0.2, 0.25) is 0 Å². The molecule has 18 heavy (non-hydrogen) atoms. The summed E-state index contributed by atoms with van der Waals surface area (Å²) < 4.78 is 5.95. The first-order valence-electron chi connectivity index (χ1n) is 7.28. The maximum atomic E-state index is 5.95. The largest absolute Gasteiger partial charge is 0.374 e. The molecule has 0 atom stereocenters. The Morgan fingerprint density at radius 1 is 1.17 bits per heavy atom. The molecule has 0 radical (unpaired) electrons. The molecule has 0 aliphatic heterocycles. The molecule has 0 heterocycles. The van der Waals surface area contributed by atoms with Crippen LogP contribution in [0, 0.1) is 0 Å². The lowest BCUT2D eigenvalue weighted by Gasteiger charge is -2.22. The minimum atomic E-state index is 0.518. The van der Waals surface area contributed by atoms with E-state index in [2.05, 4.69) is 32.6 Å². The molecule has 1 aliphatic carbocycles. The molecule has 1 heteroatoms. The summed E-state index contributed by atoms with van der Waals surface area (Å²) >= 11 is 0. The Hall–Kier alpha value is -0.820. The SMILES string of the molecule is C=C/C=C(\C)CC/C=C(\C)COC1CCCCC1. The molecule has 0 aromatic rings. The molecule has 0 saturated heterocycles. The molecule has 102 valence electrons. The first kappa shape index (κ1) is 15.2. The van der Waals surface area contributed by atoms with Crippen LogP contribution in [0.25, 0.3) is 0 Å². The van der Waals surface area contributed by atoms with Gasteiger partial charge in [0.05, 0.1) is 12.7 Å². The molecule has 1 aliphatic rings. The Morgan fingerprint density at radius 2 is 1.89 bits per heavy atom. The van der Waals surface area contributed by atoms with Crippen LogP contribution in [0.5, 0.6) is 0 Å². The van der Waals surface area contributed by atoms with E-state index in [9.17, 15) is 0 Å². The monoisotopic (exact) mass is 248 g/mol. The molecule has 0 amide bonds. The van der Waals surface area contributed by atoms with Gasteiger partial charge in [0.25, 0.3) is 0 Å². The number of rotatable bonds is 7.